The summed E-state index contributed by atoms with van der Waals surface area (Å²) >= 11 is 0. The van der Waals surface area contributed by atoms with Gasteiger partial charge in [-0.2, -0.15) is 0 Å². The molecule has 2 N–H and O–H groups in total. The summed E-state index contributed by atoms with van der Waals surface area (Å²) < 4.78 is 0. The number of hydrogen-bond donors (Lipinski definition) is 1. The van der Waals surface area contributed by atoms with Crippen molar-refractivity contribution in [3.63, 3.8) is 0 Å². The van der Waals surface area contributed by atoms with Gasteiger partial charge in [-0.15, -0.1) is 0 Å². The molecule has 0 saturated heterocycles. The van der Waals surface area contributed by atoms with Crippen molar-refractivity contribution < 1.29 is 4.92 Å². The van der Waals surface area contributed by atoms with Crippen LogP contribution in [0.2, 0.25) is 0 Å². The number of nitrogens with zero attached hydrogens (tertiary/aromatic N) is 1. The van der Waals surface area contributed by atoms with Crippen LogP contribution in [0.5, 0.6) is 0 Å². The smallest absolute Gasteiger partial charge is 0.269 e. The number of anilines is 1. The van der Waals surface area contributed by atoms with Crippen LogP contribution < -0.4 is 5.73 Å². The van der Waals surface area contributed by atoms with E-state index in [4.69, 9.17) is 5.73 Å². The lowest BCUT2D eigenvalue weighted by molar-refractivity contribution is -0.384. The van der Waals surface area contributed by atoms with Crippen molar-refractivity contribution in [3.8, 4) is 11.1 Å². The van der Waals surface area contributed by atoms with E-state index in [1.807, 2.05) is 36.4 Å². The third kappa shape index (κ3) is 1.97. The molecular formula is C16H12N2O2. The number of nitrogens with two attached hydrogens (primary N) is 1. The molecular weight excluding hydrogens is 252 g/mol. The molecule has 0 aromatic heterocycles. The van der Waals surface area contributed by atoms with Gasteiger partial charge in [-0.05, 0) is 23.1 Å². The second-order valence-electron chi connectivity index (χ2n) is 4.55. The fraction of sp³-hybridized carbons (Fsp3) is 0. The highest BCUT2D eigenvalue weighted by molar-refractivity contribution is 6.00. The highest BCUT2D eigenvalue weighted by Gasteiger charge is 2.09. The normalized spacial score (nSPS) is 10.6. The average Bonchev–Trinajstić information content (AvgIpc) is 2.48. The Morgan fingerprint density at radius 2 is 1.60 bits per heavy atom. The predicted octanol–water partition coefficient (Wildman–Crippen LogP) is 4.00. The third-order valence-electron chi connectivity index (χ3n) is 3.36. The number of nitrogen functional groups attached to an aromatic ring is 1. The zero-order valence-corrected chi connectivity index (χ0v) is 10.6. The van der Waals surface area contributed by atoms with E-state index >= 15 is 0 Å². The van der Waals surface area contributed by atoms with Crippen LogP contribution in [0.1, 0.15) is 0 Å². The molecule has 0 spiro atoms. The topological polar surface area (TPSA) is 69.2 Å². The van der Waals surface area contributed by atoms with Crippen molar-refractivity contribution >= 4 is 22.1 Å². The van der Waals surface area contributed by atoms with Crippen LogP contribution >= 0.6 is 0 Å². The van der Waals surface area contributed by atoms with Crippen LogP contribution in [0.3, 0.4) is 0 Å². The highest BCUT2D eigenvalue weighted by Crippen LogP contribution is 2.33. The summed E-state index contributed by atoms with van der Waals surface area (Å²) in [5, 5.41) is 12.7. The van der Waals surface area contributed by atoms with Gasteiger partial charge in [-0.1, -0.05) is 36.4 Å². The summed E-state index contributed by atoms with van der Waals surface area (Å²) in [5.74, 6) is 0. The van der Waals surface area contributed by atoms with E-state index in [0.29, 0.717) is 5.69 Å². The van der Waals surface area contributed by atoms with E-state index in [1.165, 1.54) is 12.1 Å². The summed E-state index contributed by atoms with van der Waals surface area (Å²) in [6.45, 7) is 0. The SMILES string of the molecule is Nc1c(-c2ccc([N+](=O)[O-])cc2)ccc2ccccc12. The molecule has 4 nitrogen and oxygen atoms in total. The van der Waals surface area contributed by atoms with E-state index in [2.05, 4.69) is 0 Å². The highest BCUT2D eigenvalue weighted by atomic mass is 16.6. The monoisotopic (exact) mass is 264 g/mol. The first-order valence-electron chi connectivity index (χ1n) is 6.19. The Bertz CT molecular complexity index is 795. The van der Waals surface area contributed by atoms with Crippen LogP contribution in [-0.4, -0.2) is 4.92 Å². The second kappa shape index (κ2) is 4.66. The number of non-ortho nitro benzene ring substituents is 1. The minimum Gasteiger partial charge on any atom is -0.398 e. The molecule has 3 aromatic carbocycles. The van der Waals surface area contributed by atoms with Gasteiger partial charge in [0.25, 0.3) is 5.69 Å². The Balaban J connectivity index is 2.14. The van der Waals surface area contributed by atoms with E-state index < -0.39 is 4.92 Å². The van der Waals surface area contributed by atoms with E-state index in [1.54, 1.807) is 12.1 Å². The van der Waals surface area contributed by atoms with E-state index in [-0.39, 0.29) is 5.69 Å². The lowest BCUT2D eigenvalue weighted by Gasteiger charge is -2.09. The molecule has 0 aliphatic carbocycles. The van der Waals surface area contributed by atoms with Crippen LogP contribution in [0.4, 0.5) is 11.4 Å². The molecule has 0 radical (unpaired) electrons. The van der Waals surface area contributed by atoms with Gasteiger partial charge in [0.05, 0.1) is 4.92 Å². The molecule has 0 aliphatic rings. The number of benzene rings is 3. The molecule has 0 fully saturated rings. The van der Waals surface area contributed by atoms with Crippen LogP contribution in [0.25, 0.3) is 21.9 Å². The molecule has 98 valence electrons. The van der Waals surface area contributed by atoms with Crippen molar-refractivity contribution in [1.82, 2.24) is 0 Å². The van der Waals surface area contributed by atoms with Gasteiger partial charge in [-0.25, -0.2) is 0 Å². The first kappa shape index (κ1) is 12.2. The first-order chi connectivity index (χ1) is 9.66. The molecule has 0 aliphatic heterocycles. The van der Waals surface area contributed by atoms with Crippen LogP contribution in [-0.2, 0) is 0 Å². The summed E-state index contributed by atoms with van der Waals surface area (Å²) in [5.41, 5.74) is 8.75. The molecule has 0 amide bonds. The van der Waals surface area contributed by atoms with E-state index in [9.17, 15) is 10.1 Å². The maximum Gasteiger partial charge on any atom is 0.269 e. The van der Waals surface area contributed by atoms with Crippen LogP contribution in [0.15, 0.2) is 60.7 Å². The summed E-state index contributed by atoms with van der Waals surface area (Å²) in [6, 6.07) is 18.3. The van der Waals surface area contributed by atoms with Gasteiger partial charge in [0, 0.05) is 28.8 Å². The minimum atomic E-state index is -0.409. The first-order valence-corrected chi connectivity index (χ1v) is 6.19. The molecule has 0 unspecified atom stereocenters. The second-order valence-corrected chi connectivity index (χ2v) is 4.55. The summed E-state index contributed by atoms with van der Waals surface area (Å²) in [7, 11) is 0. The lowest BCUT2D eigenvalue weighted by Crippen LogP contribution is -1.92. The summed E-state index contributed by atoms with van der Waals surface area (Å²) in [4.78, 5) is 10.3. The Morgan fingerprint density at radius 1 is 0.900 bits per heavy atom. The van der Waals surface area contributed by atoms with Gasteiger partial charge >= 0.3 is 0 Å². The molecule has 3 aromatic rings. The van der Waals surface area contributed by atoms with Gasteiger partial charge in [0.2, 0.25) is 0 Å². The zero-order chi connectivity index (χ0) is 14.1. The number of fused-ring (bicyclic) bond motifs is 1. The van der Waals surface area contributed by atoms with Gasteiger partial charge in [0.15, 0.2) is 0 Å². The Hall–Kier alpha value is -2.88. The number of hydrogen-bond acceptors (Lipinski definition) is 3. The molecule has 0 saturated carbocycles. The zero-order valence-electron chi connectivity index (χ0n) is 10.6. The largest absolute Gasteiger partial charge is 0.398 e. The standard InChI is InChI=1S/C16H12N2O2/c17-16-14-4-2-1-3-11(14)7-10-15(16)12-5-8-13(9-6-12)18(19)20/h1-10H,17H2. The molecule has 4 heteroatoms. The Kier molecular flexibility index (Phi) is 2.84. The Morgan fingerprint density at radius 3 is 2.30 bits per heavy atom. The summed E-state index contributed by atoms with van der Waals surface area (Å²) in [6.07, 6.45) is 0. The molecule has 20 heavy (non-hydrogen) atoms. The van der Waals surface area contributed by atoms with Gasteiger partial charge < -0.3 is 5.73 Å². The fourth-order valence-corrected chi connectivity index (χ4v) is 2.31. The van der Waals surface area contributed by atoms with Crippen molar-refractivity contribution in [2.24, 2.45) is 0 Å². The average molecular weight is 264 g/mol. The van der Waals surface area contributed by atoms with Crippen molar-refractivity contribution in [3.05, 3.63) is 70.8 Å². The van der Waals surface area contributed by atoms with Crippen molar-refractivity contribution in [2.75, 3.05) is 5.73 Å². The molecule has 0 atom stereocenters. The van der Waals surface area contributed by atoms with Gasteiger partial charge in [0.1, 0.15) is 0 Å². The van der Waals surface area contributed by atoms with Crippen molar-refractivity contribution in [1.29, 1.82) is 0 Å². The number of nitro benzene ring substituents is 1. The van der Waals surface area contributed by atoms with Gasteiger partial charge in [-0.3, -0.25) is 10.1 Å². The van der Waals surface area contributed by atoms with Crippen LogP contribution in [0, 0.1) is 10.1 Å². The molecule has 0 bridgehead atoms. The van der Waals surface area contributed by atoms with Crippen molar-refractivity contribution in [2.45, 2.75) is 0 Å². The molecule has 3 rings (SSSR count). The molecule has 0 heterocycles. The predicted molar refractivity (Wildman–Crippen MR) is 80.5 cm³/mol. The fourth-order valence-electron chi connectivity index (χ4n) is 2.31. The Labute approximate surface area is 115 Å². The third-order valence-corrected chi connectivity index (χ3v) is 3.36. The number of nitro groups is 1. The lowest BCUT2D eigenvalue weighted by atomic mass is 9.98. The minimum absolute atomic E-state index is 0.0770. The quantitative estimate of drug-likeness (QED) is 0.432. The maximum atomic E-state index is 10.7. The number of rotatable bonds is 2. The maximum absolute atomic E-state index is 10.7. The van der Waals surface area contributed by atoms with E-state index in [0.717, 1.165) is 21.9 Å².